The van der Waals surface area contributed by atoms with E-state index < -0.39 is 9.84 Å². The molecule has 0 fully saturated rings. The van der Waals surface area contributed by atoms with E-state index in [1.165, 1.54) is 28.2 Å². The lowest BCUT2D eigenvalue weighted by Crippen LogP contribution is -2.23. The summed E-state index contributed by atoms with van der Waals surface area (Å²) in [6.07, 6.45) is 4.36. The highest BCUT2D eigenvalue weighted by Gasteiger charge is 2.14. The van der Waals surface area contributed by atoms with Gasteiger partial charge in [0.05, 0.1) is 17.6 Å². The molecule has 158 valence electrons. The Morgan fingerprint density at radius 1 is 1.23 bits per heavy atom. The number of nitrogens with zero attached hydrogens (tertiary/aromatic N) is 5. The maximum absolute atomic E-state index is 12.4. The summed E-state index contributed by atoms with van der Waals surface area (Å²) in [5.41, 5.74) is 1.53. The summed E-state index contributed by atoms with van der Waals surface area (Å²) in [5.74, 6) is 0.161. The fourth-order valence-corrected chi connectivity index (χ4v) is 4.22. The largest absolute Gasteiger partial charge is 0.345 e. The van der Waals surface area contributed by atoms with Crippen molar-refractivity contribution in [3.05, 3.63) is 70.6 Å². The lowest BCUT2D eigenvalue weighted by atomic mass is 10.2. The molecule has 0 aliphatic carbocycles. The third kappa shape index (κ3) is 4.95. The molecule has 0 unspecified atom stereocenters. The van der Waals surface area contributed by atoms with E-state index in [2.05, 4.69) is 25.6 Å². The number of thiazole rings is 1. The molecule has 0 radical (unpaired) electrons. The van der Waals surface area contributed by atoms with Crippen molar-refractivity contribution in [3.8, 4) is 16.4 Å². The molecule has 1 amide bonds. The zero-order valence-corrected chi connectivity index (χ0v) is 18.4. The fourth-order valence-electron chi connectivity index (χ4n) is 2.63. The molecule has 0 bridgehead atoms. The summed E-state index contributed by atoms with van der Waals surface area (Å²) in [5, 5.41) is 13.5. The number of hydrogen-bond acceptors (Lipinski definition) is 8. The second-order valence-electron chi connectivity index (χ2n) is 6.50. The van der Waals surface area contributed by atoms with Gasteiger partial charge in [-0.05, 0) is 18.2 Å². The van der Waals surface area contributed by atoms with Gasteiger partial charge < -0.3 is 5.32 Å². The lowest BCUT2D eigenvalue weighted by molar-refractivity contribution is 0.0946. The van der Waals surface area contributed by atoms with Crippen molar-refractivity contribution in [2.24, 2.45) is 0 Å². The second kappa shape index (κ2) is 8.53. The first kappa shape index (κ1) is 21.1. The third-order valence-electron chi connectivity index (χ3n) is 4.18. The molecule has 1 aromatic carbocycles. The second-order valence-corrected chi connectivity index (χ2v) is 9.81. The van der Waals surface area contributed by atoms with Gasteiger partial charge in [0.25, 0.3) is 5.91 Å². The number of sulfone groups is 1. The number of pyridine rings is 1. The van der Waals surface area contributed by atoms with Gasteiger partial charge in [0.1, 0.15) is 16.4 Å². The summed E-state index contributed by atoms with van der Waals surface area (Å²) in [6.45, 7) is 0.162. The van der Waals surface area contributed by atoms with Crippen LogP contribution in [0.25, 0.3) is 16.4 Å². The van der Waals surface area contributed by atoms with Crippen molar-refractivity contribution in [3.63, 3.8) is 0 Å². The minimum Gasteiger partial charge on any atom is -0.345 e. The molecule has 0 atom stereocenters. The summed E-state index contributed by atoms with van der Waals surface area (Å²) in [6, 6.07) is 9.68. The predicted octanol–water partition coefficient (Wildman–Crippen LogP) is 2.77. The van der Waals surface area contributed by atoms with Gasteiger partial charge in [-0.1, -0.05) is 28.9 Å². The van der Waals surface area contributed by atoms with Gasteiger partial charge in [0.15, 0.2) is 15.7 Å². The van der Waals surface area contributed by atoms with Crippen LogP contribution in [0.5, 0.6) is 0 Å². The molecule has 0 saturated carbocycles. The van der Waals surface area contributed by atoms with E-state index in [0.717, 1.165) is 11.8 Å². The Kier molecular flexibility index (Phi) is 5.81. The van der Waals surface area contributed by atoms with E-state index in [-0.39, 0.29) is 23.0 Å². The average molecular weight is 475 g/mol. The van der Waals surface area contributed by atoms with Crippen molar-refractivity contribution in [1.82, 2.24) is 30.3 Å². The van der Waals surface area contributed by atoms with Crippen molar-refractivity contribution in [2.75, 3.05) is 6.26 Å². The van der Waals surface area contributed by atoms with Crippen molar-refractivity contribution < 1.29 is 13.2 Å². The predicted molar refractivity (Wildman–Crippen MR) is 116 cm³/mol. The zero-order chi connectivity index (χ0) is 22.0. The van der Waals surface area contributed by atoms with Crippen molar-refractivity contribution in [2.45, 2.75) is 11.4 Å². The van der Waals surface area contributed by atoms with Crippen LogP contribution in [0.15, 0.2) is 59.1 Å². The topological polar surface area (TPSA) is 120 Å². The van der Waals surface area contributed by atoms with E-state index >= 15 is 0 Å². The van der Waals surface area contributed by atoms with Gasteiger partial charge in [0, 0.05) is 34.5 Å². The molecule has 1 N–H and O–H groups in total. The molecule has 3 aromatic heterocycles. The summed E-state index contributed by atoms with van der Waals surface area (Å²) < 4.78 is 24.6. The van der Waals surface area contributed by atoms with Crippen LogP contribution in [-0.2, 0) is 16.4 Å². The first-order chi connectivity index (χ1) is 14.8. The van der Waals surface area contributed by atoms with E-state index in [1.54, 1.807) is 42.0 Å². The smallest absolute Gasteiger partial charge is 0.271 e. The molecule has 12 heteroatoms. The lowest BCUT2D eigenvalue weighted by Gasteiger charge is -2.01. The molecule has 4 rings (SSSR count). The van der Waals surface area contributed by atoms with Crippen LogP contribution >= 0.6 is 22.9 Å². The van der Waals surface area contributed by atoms with Crippen molar-refractivity contribution >= 4 is 38.7 Å². The van der Waals surface area contributed by atoms with Gasteiger partial charge >= 0.3 is 0 Å². The first-order valence-electron chi connectivity index (χ1n) is 8.87. The van der Waals surface area contributed by atoms with Crippen LogP contribution in [0.2, 0.25) is 5.02 Å². The maximum atomic E-state index is 12.4. The minimum atomic E-state index is -3.27. The summed E-state index contributed by atoms with van der Waals surface area (Å²) in [7, 11) is -3.27. The molecule has 0 saturated heterocycles. The molecule has 0 aliphatic heterocycles. The molecule has 0 aliphatic rings. The number of aromatic nitrogens is 5. The number of rotatable bonds is 6. The third-order valence-corrected chi connectivity index (χ3v) is 6.43. The van der Waals surface area contributed by atoms with Gasteiger partial charge in [-0.25, -0.2) is 23.1 Å². The zero-order valence-electron chi connectivity index (χ0n) is 16.1. The van der Waals surface area contributed by atoms with E-state index in [1.807, 2.05) is 0 Å². The number of amides is 1. The van der Waals surface area contributed by atoms with Crippen LogP contribution in [0.1, 0.15) is 16.2 Å². The van der Waals surface area contributed by atoms with Gasteiger partial charge in [-0.15, -0.1) is 16.4 Å². The van der Waals surface area contributed by atoms with Crippen LogP contribution in [0.4, 0.5) is 0 Å². The molecular formula is C19H15ClN6O3S2. The number of carbonyl (C=O) groups excluding carboxylic acids is 1. The average Bonchev–Trinajstić information content (AvgIpc) is 3.42. The highest BCUT2D eigenvalue weighted by molar-refractivity contribution is 7.90. The molecule has 31 heavy (non-hydrogen) atoms. The number of halogens is 1. The highest BCUT2D eigenvalue weighted by Crippen LogP contribution is 2.25. The molecule has 9 nitrogen and oxygen atoms in total. The maximum Gasteiger partial charge on any atom is 0.271 e. The Morgan fingerprint density at radius 2 is 2.00 bits per heavy atom. The van der Waals surface area contributed by atoms with Crippen LogP contribution in [-0.4, -0.2) is 45.5 Å². The van der Waals surface area contributed by atoms with Gasteiger partial charge in [-0.2, -0.15) is 0 Å². The Bertz CT molecular complexity index is 1350. The van der Waals surface area contributed by atoms with Crippen molar-refractivity contribution in [1.29, 1.82) is 0 Å². The molecule has 0 spiro atoms. The Balaban J connectivity index is 1.41. The van der Waals surface area contributed by atoms with Crippen LogP contribution in [0.3, 0.4) is 0 Å². The molecule has 3 heterocycles. The summed E-state index contributed by atoms with van der Waals surface area (Å²) >= 11 is 7.25. The quantitative estimate of drug-likeness (QED) is 0.456. The standard InChI is InChI=1S/C19H15ClN6O3S2/c1-31(28,29)15-4-2-12(3-5-15)19-23-16(11-30-19)18(27)22-9-14-10-26(25-24-14)17-8-13(20)6-7-21-17/h2-8,10-11H,9H2,1H3,(H,22,27). The Labute approximate surface area is 186 Å². The number of carbonyl (C=O) groups is 1. The SMILES string of the molecule is CS(=O)(=O)c1ccc(-c2nc(C(=O)NCc3cn(-c4cc(Cl)ccn4)nn3)cs2)cc1. The highest BCUT2D eigenvalue weighted by atomic mass is 35.5. The number of benzene rings is 1. The monoisotopic (exact) mass is 474 g/mol. The Morgan fingerprint density at radius 3 is 2.71 bits per heavy atom. The summed E-state index contributed by atoms with van der Waals surface area (Å²) in [4.78, 5) is 21.2. The van der Waals surface area contributed by atoms with Gasteiger partial charge in [-0.3, -0.25) is 4.79 Å². The molecule has 4 aromatic rings. The van der Waals surface area contributed by atoms with Crippen LogP contribution in [0, 0.1) is 0 Å². The first-order valence-corrected chi connectivity index (χ1v) is 12.0. The number of nitrogens with one attached hydrogen (secondary N) is 1. The van der Waals surface area contributed by atoms with Crippen LogP contribution < -0.4 is 5.32 Å². The van der Waals surface area contributed by atoms with E-state index in [9.17, 15) is 13.2 Å². The number of hydrogen-bond donors (Lipinski definition) is 1. The fraction of sp³-hybridized carbons (Fsp3) is 0.105. The van der Waals surface area contributed by atoms with E-state index in [0.29, 0.717) is 21.5 Å². The van der Waals surface area contributed by atoms with E-state index in [4.69, 9.17) is 11.6 Å². The normalized spacial score (nSPS) is 11.4. The molecular weight excluding hydrogens is 460 g/mol. The minimum absolute atomic E-state index is 0.162. The Hall–Kier alpha value is -3.15. The van der Waals surface area contributed by atoms with Gasteiger partial charge in [0.2, 0.25) is 0 Å².